The summed E-state index contributed by atoms with van der Waals surface area (Å²) >= 11 is 0. The lowest BCUT2D eigenvalue weighted by Crippen LogP contribution is -2.59. The van der Waals surface area contributed by atoms with E-state index in [0.717, 1.165) is 44.3 Å². The number of methoxy groups -OCH3 is 1. The normalized spacial score (nSPS) is 20.1. The Kier molecular flexibility index (Phi) is 7.36. The molecule has 1 aromatic heterocycles. The van der Waals surface area contributed by atoms with Crippen molar-refractivity contribution in [2.75, 3.05) is 12.1 Å². The molecule has 4 unspecified atom stereocenters. The van der Waals surface area contributed by atoms with Gasteiger partial charge < -0.3 is 14.5 Å². The molecule has 9 heteroatoms. The van der Waals surface area contributed by atoms with Crippen molar-refractivity contribution in [1.29, 1.82) is 0 Å². The zero-order valence-corrected chi connectivity index (χ0v) is 23.3. The minimum absolute atomic E-state index is 0.352. The minimum atomic E-state index is -1.23. The molecule has 36 heavy (non-hydrogen) atoms. The van der Waals surface area contributed by atoms with E-state index in [0.29, 0.717) is 0 Å². The summed E-state index contributed by atoms with van der Waals surface area (Å²) < 4.78 is 10.3. The van der Waals surface area contributed by atoms with Crippen LogP contribution < -0.4 is 20.9 Å². The van der Waals surface area contributed by atoms with Crippen LogP contribution in [0.3, 0.4) is 0 Å². The number of aryl methyl sites for hydroxylation is 2. The molecule has 0 bridgehead atoms. The minimum Gasteiger partial charge on any atom is -0.472 e. The van der Waals surface area contributed by atoms with Gasteiger partial charge in [-0.25, -0.2) is 9.80 Å². The monoisotopic (exact) mass is 523 g/mol. The first-order chi connectivity index (χ1) is 17.1. The van der Waals surface area contributed by atoms with Crippen LogP contribution in [0.5, 0.6) is 0 Å². The van der Waals surface area contributed by atoms with Gasteiger partial charge in [-0.1, -0.05) is 29.8 Å². The van der Waals surface area contributed by atoms with Crippen LogP contribution in [-0.2, 0) is 14.3 Å². The maximum absolute atomic E-state index is 14.1. The van der Waals surface area contributed by atoms with E-state index in [2.05, 4.69) is 29.9 Å². The third kappa shape index (κ3) is 4.58. The average molecular weight is 524 g/mol. The number of hydrazone groups is 1. The van der Waals surface area contributed by atoms with Gasteiger partial charge in [0.2, 0.25) is 5.91 Å². The first-order valence-electron chi connectivity index (χ1n) is 11.6. The number of carbonyl (C=O) groups excluding carboxylic acids is 2. The Bertz CT molecular complexity index is 1340. The van der Waals surface area contributed by atoms with Crippen LogP contribution in [0.15, 0.2) is 64.5 Å². The number of furan rings is 1. The molecule has 0 fully saturated rings. The van der Waals surface area contributed by atoms with Crippen molar-refractivity contribution in [1.82, 2.24) is 5.32 Å². The molecule has 0 radical (unpaired) electrons. The average Bonchev–Trinajstić information content (AvgIpc) is 3.45. The smallest absolute Gasteiger partial charge is 0.328 e. The van der Waals surface area contributed by atoms with E-state index < -0.39 is 23.5 Å². The van der Waals surface area contributed by atoms with Gasteiger partial charge in [-0.05, 0) is 62.1 Å². The second-order valence-electron chi connectivity index (χ2n) is 9.29. The summed E-state index contributed by atoms with van der Waals surface area (Å²) in [6, 6.07) is 13.1. The van der Waals surface area contributed by atoms with Crippen LogP contribution in [0.25, 0.3) is 0 Å². The van der Waals surface area contributed by atoms with Crippen molar-refractivity contribution in [3.63, 3.8) is 0 Å². The highest BCUT2D eigenvalue weighted by Gasteiger charge is 2.55. The molecular weight excluding hydrogens is 492 g/mol. The highest BCUT2D eigenvalue weighted by molar-refractivity contribution is 7.29. The summed E-state index contributed by atoms with van der Waals surface area (Å²) in [4.78, 5) is 26.3. The molecule has 4 rings (SSSR count). The van der Waals surface area contributed by atoms with Crippen LogP contribution in [0.4, 0.5) is 5.69 Å². The van der Waals surface area contributed by atoms with Crippen LogP contribution in [-0.4, -0.2) is 36.3 Å². The zero-order chi connectivity index (χ0) is 26.2. The summed E-state index contributed by atoms with van der Waals surface area (Å²) in [5.41, 5.74) is 4.24. The SMILES string of the molecule is COC(=O)[C@H](C)NC(=O)C1(C)C(c2ccoc2)C(c2ccc(C)cc2C)=NN1c1ccc(P)cc1P. The van der Waals surface area contributed by atoms with Gasteiger partial charge in [0.1, 0.15) is 6.04 Å². The summed E-state index contributed by atoms with van der Waals surface area (Å²) in [6.45, 7) is 7.54. The van der Waals surface area contributed by atoms with Gasteiger partial charge >= 0.3 is 5.97 Å². The Hall–Kier alpha value is -3.01. The third-order valence-corrected chi connectivity index (χ3v) is 7.48. The molecule has 2 heterocycles. The quantitative estimate of drug-likeness (QED) is 0.396. The number of benzene rings is 2. The lowest BCUT2D eigenvalue weighted by atomic mass is 9.75. The third-order valence-electron chi connectivity index (χ3n) is 6.66. The number of nitrogens with one attached hydrogen (secondary N) is 1. The number of ether oxygens (including phenoxy) is 1. The van der Waals surface area contributed by atoms with Crippen molar-refractivity contribution >= 4 is 52.4 Å². The highest BCUT2D eigenvalue weighted by atomic mass is 31.0. The Labute approximate surface area is 216 Å². The van der Waals surface area contributed by atoms with Crippen molar-refractivity contribution in [3.8, 4) is 0 Å². The number of amides is 1. The maximum atomic E-state index is 14.1. The van der Waals surface area contributed by atoms with Gasteiger partial charge in [0.25, 0.3) is 0 Å². The molecule has 1 N–H and O–H groups in total. The molecule has 0 aliphatic carbocycles. The van der Waals surface area contributed by atoms with Crippen LogP contribution in [0, 0.1) is 13.8 Å². The Balaban J connectivity index is 1.95. The van der Waals surface area contributed by atoms with E-state index >= 15 is 0 Å². The zero-order valence-electron chi connectivity index (χ0n) is 21.0. The molecular formula is C27H31N3O4P2. The molecule has 0 spiro atoms. The summed E-state index contributed by atoms with van der Waals surface area (Å²) in [5, 5.41) is 11.6. The van der Waals surface area contributed by atoms with E-state index in [9.17, 15) is 9.59 Å². The predicted octanol–water partition coefficient (Wildman–Crippen LogP) is 3.34. The Morgan fingerprint density at radius 2 is 1.92 bits per heavy atom. The highest BCUT2D eigenvalue weighted by Crippen LogP contribution is 2.45. The fourth-order valence-electron chi connectivity index (χ4n) is 4.77. The summed E-state index contributed by atoms with van der Waals surface area (Å²) in [6.07, 6.45) is 3.24. The number of hydrogen-bond acceptors (Lipinski definition) is 6. The van der Waals surface area contributed by atoms with Gasteiger partial charge in [-0.15, -0.1) is 18.5 Å². The number of nitrogens with zero attached hydrogens (tertiary/aromatic N) is 2. The van der Waals surface area contributed by atoms with Crippen LogP contribution in [0.2, 0.25) is 0 Å². The van der Waals surface area contributed by atoms with Gasteiger partial charge in [0.05, 0.1) is 37.0 Å². The molecule has 1 aliphatic heterocycles. The predicted molar refractivity (Wildman–Crippen MR) is 150 cm³/mol. The lowest BCUT2D eigenvalue weighted by molar-refractivity contribution is -0.145. The van der Waals surface area contributed by atoms with E-state index in [1.54, 1.807) is 24.5 Å². The maximum Gasteiger partial charge on any atom is 0.328 e. The summed E-state index contributed by atoms with van der Waals surface area (Å²) in [5.74, 6) is -1.36. The van der Waals surface area contributed by atoms with Gasteiger partial charge in [-0.2, -0.15) is 5.10 Å². The topological polar surface area (TPSA) is 84.1 Å². The molecule has 0 saturated heterocycles. The fourth-order valence-corrected chi connectivity index (χ4v) is 5.64. The van der Waals surface area contributed by atoms with Gasteiger partial charge in [0.15, 0.2) is 5.54 Å². The van der Waals surface area contributed by atoms with E-state index in [4.69, 9.17) is 14.3 Å². The van der Waals surface area contributed by atoms with E-state index in [1.807, 2.05) is 57.2 Å². The molecule has 2 aromatic carbocycles. The molecule has 0 saturated carbocycles. The largest absolute Gasteiger partial charge is 0.472 e. The number of carbonyl (C=O) groups is 2. The molecule has 7 nitrogen and oxygen atoms in total. The molecule has 5 atom stereocenters. The first-order valence-corrected chi connectivity index (χ1v) is 12.8. The number of hydrogen-bond donors (Lipinski definition) is 1. The second-order valence-corrected chi connectivity index (χ2v) is 10.6. The second kappa shape index (κ2) is 10.2. The van der Waals surface area contributed by atoms with E-state index in [-0.39, 0.29) is 5.91 Å². The van der Waals surface area contributed by atoms with Crippen molar-refractivity contribution in [3.05, 3.63) is 77.2 Å². The summed E-state index contributed by atoms with van der Waals surface area (Å²) in [7, 11) is 6.72. The van der Waals surface area contributed by atoms with Crippen LogP contribution >= 0.6 is 18.5 Å². The molecule has 1 aliphatic rings. The fraction of sp³-hybridized carbons (Fsp3) is 0.296. The van der Waals surface area contributed by atoms with Crippen molar-refractivity contribution in [2.45, 2.75) is 45.2 Å². The molecule has 3 aromatic rings. The lowest BCUT2D eigenvalue weighted by Gasteiger charge is -2.38. The number of rotatable bonds is 6. The first kappa shape index (κ1) is 26.1. The Morgan fingerprint density at radius 1 is 1.17 bits per heavy atom. The van der Waals surface area contributed by atoms with Crippen LogP contribution in [0.1, 0.15) is 42.0 Å². The van der Waals surface area contributed by atoms with Gasteiger partial charge in [-0.3, -0.25) is 4.79 Å². The number of anilines is 1. The van der Waals surface area contributed by atoms with Crippen molar-refractivity contribution < 1.29 is 18.7 Å². The van der Waals surface area contributed by atoms with Gasteiger partial charge in [0, 0.05) is 11.1 Å². The van der Waals surface area contributed by atoms with Crippen molar-refractivity contribution in [2.24, 2.45) is 5.10 Å². The standard InChI is InChI=1S/C27H31N3O4P2/c1-15-6-8-20(16(2)12-15)24-23(18-10-11-34-14-18)27(4,26(32)28-17(3)25(31)33-5)30(29-24)21-9-7-19(35)13-22(21)36/h6-14,17,23H,35-36H2,1-5H3,(H,28,32)/t17-,23?,27?/m0/s1. The molecule has 1 amide bonds. The number of esters is 1. The molecule has 188 valence electrons. The Morgan fingerprint density at radius 3 is 2.53 bits per heavy atom. The van der Waals surface area contributed by atoms with E-state index in [1.165, 1.54) is 7.11 Å².